The maximum Gasteiger partial charge on any atom is 0.274 e. The van der Waals surface area contributed by atoms with Gasteiger partial charge in [0, 0.05) is 32.4 Å². The summed E-state index contributed by atoms with van der Waals surface area (Å²) in [5, 5.41) is 11.3. The summed E-state index contributed by atoms with van der Waals surface area (Å²) in [6.07, 6.45) is 4.92. The van der Waals surface area contributed by atoms with Gasteiger partial charge >= 0.3 is 0 Å². The van der Waals surface area contributed by atoms with Crippen LogP contribution in [0.5, 0.6) is 0 Å². The Morgan fingerprint density at radius 3 is 2.81 bits per heavy atom. The highest BCUT2D eigenvalue weighted by molar-refractivity contribution is 6.29. The molecule has 2 rings (SSSR count). The van der Waals surface area contributed by atoms with Crippen molar-refractivity contribution in [2.45, 2.75) is 26.3 Å². The number of pyridine rings is 1. The first-order valence-electron chi connectivity index (χ1n) is 7.05. The van der Waals surface area contributed by atoms with E-state index in [0.29, 0.717) is 17.5 Å². The van der Waals surface area contributed by atoms with Crippen LogP contribution in [0, 0.1) is 10.1 Å². The van der Waals surface area contributed by atoms with Gasteiger partial charge < -0.3 is 9.80 Å². The molecule has 0 radical (unpaired) electrons. The summed E-state index contributed by atoms with van der Waals surface area (Å²) in [6.45, 7) is 5.18. The summed E-state index contributed by atoms with van der Waals surface area (Å²) in [6, 6.07) is 3.63. The quantitative estimate of drug-likeness (QED) is 0.459. The van der Waals surface area contributed by atoms with E-state index in [1.54, 1.807) is 12.3 Å². The number of unbranched alkanes of at least 4 members (excludes halogenated alkanes) is 1. The van der Waals surface area contributed by atoms with Crippen LogP contribution in [0.15, 0.2) is 30.4 Å². The number of nitrogens with zero attached hydrogens (tertiary/aromatic N) is 4. The SMILES string of the molecule is CCCCN1CCN(Cc2ccc(Cl)nc2)/C1=C/[N+](=O)[O-]. The van der Waals surface area contributed by atoms with E-state index in [2.05, 4.69) is 16.8 Å². The van der Waals surface area contributed by atoms with Crippen molar-refractivity contribution in [3.05, 3.63) is 51.2 Å². The third-order valence-electron chi connectivity index (χ3n) is 3.45. The van der Waals surface area contributed by atoms with Crippen LogP contribution in [-0.2, 0) is 6.54 Å². The van der Waals surface area contributed by atoms with E-state index < -0.39 is 0 Å². The molecule has 0 atom stereocenters. The molecule has 0 spiro atoms. The number of hydrogen-bond donors (Lipinski definition) is 0. The largest absolute Gasteiger partial charge is 0.351 e. The minimum Gasteiger partial charge on any atom is -0.351 e. The summed E-state index contributed by atoms with van der Waals surface area (Å²) in [5.41, 5.74) is 0.992. The Hall–Kier alpha value is -1.82. The van der Waals surface area contributed by atoms with E-state index in [4.69, 9.17) is 11.6 Å². The second-order valence-electron chi connectivity index (χ2n) is 5.02. The highest BCUT2D eigenvalue weighted by Crippen LogP contribution is 2.22. The van der Waals surface area contributed by atoms with Crippen molar-refractivity contribution in [3.63, 3.8) is 0 Å². The smallest absolute Gasteiger partial charge is 0.274 e. The van der Waals surface area contributed by atoms with Crippen LogP contribution in [0.25, 0.3) is 0 Å². The van der Waals surface area contributed by atoms with E-state index in [1.165, 1.54) is 0 Å². The van der Waals surface area contributed by atoms with Crippen molar-refractivity contribution in [3.8, 4) is 0 Å². The van der Waals surface area contributed by atoms with Crippen molar-refractivity contribution in [1.82, 2.24) is 14.8 Å². The van der Waals surface area contributed by atoms with Gasteiger partial charge in [-0.15, -0.1) is 0 Å². The van der Waals surface area contributed by atoms with Crippen molar-refractivity contribution >= 4 is 11.6 Å². The minimum atomic E-state index is -0.382. The topological polar surface area (TPSA) is 62.5 Å². The van der Waals surface area contributed by atoms with Gasteiger partial charge in [-0.05, 0) is 18.1 Å². The summed E-state index contributed by atoms with van der Waals surface area (Å²) in [4.78, 5) is 18.6. The van der Waals surface area contributed by atoms with Crippen LogP contribution in [0.2, 0.25) is 5.15 Å². The van der Waals surface area contributed by atoms with Crippen molar-refractivity contribution in [2.75, 3.05) is 19.6 Å². The summed E-state index contributed by atoms with van der Waals surface area (Å²) in [5.74, 6) is 0.684. The molecular weight excluding hydrogens is 292 g/mol. The van der Waals surface area contributed by atoms with Crippen LogP contribution < -0.4 is 0 Å². The number of nitro groups is 1. The highest BCUT2D eigenvalue weighted by atomic mass is 35.5. The Kier molecular flexibility index (Phi) is 5.38. The fraction of sp³-hybridized carbons (Fsp3) is 0.500. The van der Waals surface area contributed by atoms with Crippen LogP contribution in [-0.4, -0.2) is 39.3 Å². The second kappa shape index (κ2) is 7.26. The zero-order valence-corrected chi connectivity index (χ0v) is 12.8. The molecular formula is C14H19ClN4O2. The Bertz CT molecular complexity index is 518. The second-order valence-corrected chi connectivity index (χ2v) is 5.41. The monoisotopic (exact) mass is 310 g/mol. The van der Waals surface area contributed by atoms with Crippen molar-refractivity contribution < 1.29 is 4.92 Å². The van der Waals surface area contributed by atoms with E-state index in [1.807, 2.05) is 11.0 Å². The Morgan fingerprint density at radius 1 is 1.43 bits per heavy atom. The van der Waals surface area contributed by atoms with Gasteiger partial charge in [0.25, 0.3) is 6.20 Å². The number of rotatable bonds is 6. The van der Waals surface area contributed by atoms with Gasteiger partial charge in [-0.25, -0.2) is 4.98 Å². The van der Waals surface area contributed by atoms with Crippen LogP contribution in [0.1, 0.15) is 25.3 Å². The molecule has 0 aliphatic carbocycles. The molecule has 0 aromatic carbocycles. The van der Waals surface area contributed by atoms with Gasteiger partial charge in [0.2, 0.25) is 0 Å². The van der Waals surface area contributed by atoms with Crippen LogP contribution >= 0.6 is 11.6 Å². The molecule has 114 valence electrons. The molecule has 2 heterocycles. The van der Waals surface area contributed by atoms with Gasteiger partial charge in [-0.2, -0.15) is 0 Å². The van der Waals surface area contributed by atoms with Crippen molar-refractivity contribution in [2.24, 2.45) is 0 Å². The van der Waals surface area contributed by atoms with E-state index >= 15 is 0 Å². The lowest BCUT2D eigenvalue weighted by Gasteiger charge is -2.22. The van der Waals surface area contributed by atoms with Gasteiger partial charge in [0.05, 0.1) is 4.92 Å². The fourth-order valence-electron chi connectivity index (χ4n) is 2.38. The van der Waals surface area contributed by atoms with Crippen molar-refractivity contribution in [1.29, 1.82) is 0 Å². The molecule has 1 aromatic rings. The molecule has 1 aliphatic rings. The fourth-order valence-corrected chi connectivity index (χ4v) is 2.50. The first kappa shape index (κ1) is 15.6. The molecule has 1 aliphatic heterocycles. The molecule has 0 bridgehead atoms. The van der Waals surface area contributed by atoms with Gasteiger partial charge in [0.1, 0.15) is 5.15 Å². The minimum absolute atomic E-state index is 0.382. The molecule has 1 fully saturated rings. The summed E-state index contributed by atoms with van der Waals surface area (Å²) in [7, 11) is 0. The van der Waals surface area contributed by atoms with Gasteiger partial charge in [0.15, 0.2) is 5.82 Å². The van der Waals surface area contributed by atoms with E-state index in [9.17, 15) is 10.1 Å². The molecule has 21 heavy (non-hydrogen) atoms. The predicted molar refractivity (Wildman–Crippen MR) is 81.2 cm³/mol. The van der Waals surface area contributed by atoms with Crippen LogP contribution in [0.4, 0.5) is 0 Å². The third kappa shape index (κ3) is 4.32. The number of halogens is 1. The van der Waals surface area contributed by atoms with Crippen LogP contribution in [0.3, 0.4) is 0 Å². The number of aromatic nitrogens is 1. The summed E-state index contributed by atoms with van der Waals surface area (Å²) < 4.78 is 0. The highest BCUT2D eigenvalue weighted by Gasteiger charge is 2.27. The maximum absolute atomic E-state index is 10.9. The predicted octanol–water partition coefficient (Wildman–Crippen LogP) is 2.73. The Balaban J connectivity index is 2.10. The third-order valence-corrected chi connectivity index (χ3v) is 3.68. The normalized spacial score (nSPS) is 16.8. The molecule has 0 saturated carbocycles. The Labute approximate surface area is 129 Å². The first-order valence-corrected chi connectivity index (χ1v) is 7.43. The molecule has 1 aromatic heterocycles. The maximum atomic E-state index is 10.9. The lowest BCUT2D eigenvalue weighted by atomic mass is 10.2. The molecule has 0 N–H and O–H groups in total. The average molecular weight is 311 g/mol. The zero-order valence-electron chi connectivity index (χ0n) is 12.0. The molecule has 1 saturated heterocycles. The molecule has 0 amide bonds. The van der Waals surface area contributed by atoms with Gasteiger partial charge in [-0.1, -0.05) is 31.0 Å². The van der Waals surface area contributed by atoms with E-state index in [-0.39, 0.29) is 4.92 Å². The lowest BCUT2D eigenvalue weighted by Crippen LogP contribution is -2.25. The molecule has 6 nitrogen and oxygen atoms in total. The van der Waals surface area contributed by atoms with Gasteiger partial charge in [-0.3, -0.25) is 10.1 Å². The zero-order chi connectivity index (χ0) is 15.2. The van der Waals surface area contributed by atoms with E-state index in [0.717, 1.165) is 44.2 Å². The molecule has 0 unspecified atom stereocenters. The first-order chi connectivity index (χ1) is 10.1. The average Bonchev–Trinajstić information content (AvgIpc) is 2.81. The Morgan fingerprint density at radius 2 is 2.19 bits per heavy atom. The molecule has 7 heteroatoms. The standard InChI is InChI=1S/C14H19ClN4O2/c1-2-3-6-17-7-8-18(14(17)11-19(20)21)10-12-4-5-13(15)16-9-12/h4-5,9,11H,2-3,6-8,10H2,1H3/b14-11+. The lowest BCUT2D eigenvalue weighted by molar-refractivity contribution is -0.405. The number of hydrogen-bond acceptors (Lipinski definition) is 5. The summed E-state index contributed by atoms with van der Waals surface area (Å²) >= 11 is 5.77.